The summed E-state index contributed by atoms with van der Waals surface area (Å²) >= 11 is 0. The lowest BCUT2D eigenvalue weighted by atomic mass is 9.55. The van der Waals surface area contributed by atoms with Gasteiger partial charge in [-0.25, -0.2) is 0 Å². The quantitative estimate of drug-likeness (QED) is 0.930. The second-order valence-electron chi connectivity index (χ2n) is 6.77. The van der Waals surface area contributed by atoms with Gasteiger partial charge in [0.15, 0.2) is 0 Å². The number of aryl methyl sites for hydroxylation is 1. The van der Waals surface area contributed by atoms with Crippen molar-refractivity contribution in [2.75, 3.05) is 6.61 Å². The molecule has 1 aromatic rings. The first-order valence-electron chi connectivity index (χ1n) is 8.49. The Labute approximate surface area is 132 Å². The molecule has 0 radical (unpaired) electrons. The summed E-state index contributed by atoms with van der Waals surface area (Å²) in [5, 5.41) is 7.43. The maximum atomic E-state index is 12.6. The summed E-state index contributed by atoms with van der Waals surface area (Å²) in [6.45, 7) is 4.75. The molecule has 3 rings (SSSR count). The highest BCUT2D eigenvalue weighted by molar-refractivity contribution is 5.95. The average Bonchev–Trinajstić information content (AvgIpc) is 2.87. The predicted molar refractivity (Wildman–Crippen MR) is 84.7 cm³/mol. The normalized spacial score (nSPS) is 26.7. The van der Waals surface area contributed by atoms with E-state index < -0.39 is 0 Å². The second kappa shape index (κ2) is 6.03. The van der Waals surface area contributed by atoms with Crippen LogP contribution in [-0.2, 0) is 11.8 Å². The summed E-state index contributed by atoms with van der Waals surface area (Å²) in [4.78, 5) is 12.6. The first kappa shape index (κ1) is 15.5. The fourth-order valence-corrected chi connectivity index (χ4v) is 4.22. The molecule has 0 aliphatic heterocycles. The molecule has 2 saturated carbocycles. The molecule has 5 heteroatoms. The Morgan fingerprint density at radius 2 is 2.18 bits per heavy atom. The van der Waals surface area contributed by atoms with E-state index in [9.17, 15) is 4.79 Å². The third-order valence-electron chi connectivity index (χ3n) is 5.72. The first-order valence-corrected chi connectivity index (χ1v) is 8.49. The van der Waals surface area contributed by atoms with Gasteiger partial charge in [0.25, 0.3) is 5.91 Å². The van der Waals surface area contributed by atoms with Crippen LogP contribution in [0.4, 0.5) is 0 Å². The number of hydrogen-bond donors (Lipinski definition) is 1. The molecule has 0 aromatic carbocycles. The van der Waals surface area contributed by atoms with Crippen LogP contribution in [0.25, 0.3) is 0 Å². The Bertz CT molecular complexity index is 546. The molecule has 0 bridgehead atoms. The van der Waals surface area contributed by atoms with E-state index >= 15 is 0 Å². The van der Waals surface area contributed by atoms with Crippen LogP contribution in [0, 0.1) is 12.3 Å². The zero-order valence-electron chi connectivity index (χ0n) is 13.9. The van der Waals surface area contributed by atoms with Crippen LogP contribution in [0.15, 0.2) is 6.20 Å². The van der Waals surface area contributed by atoms with E-state index in [1.54, 1.807) is 10.9 Å². The van der Waals surface area contributed by atoms with Crippen LogP contribution in [0.5, 0.6) is 0 Å². The SMILES string of the molecule is CCO[C@@H]1C[C@H](NC(=O)c2cnn(C)c2C)C12CCCCC2. The molecule has 2 aliphatic carbocycles. The Morgan fingerprint density at radius 1 is 1.45 bits per heavy atom. The summed E-state index contributed by atoms with van der Waals surface area (Å²) in [7, 11) is 1.86. The number of rotatable bonds is 4. The van der Waals surface area contributed by atoms with Gasteiger partial charge in [0.2, 0.25) is 0 Å². The Kier molecular flexibility index (Phi) is 4.26. The molecule has 2 atom stereocenters. The van der Waals surface area contributed by atoms with Gasteiger partial charge in [0.1, 0.15) is 0 Å². The minimum Gasteiger partial charge on any atom is -0.378 e. The number of amides is 1. The lowest BCUT2D eigenvalue weighted by molar-refractivity contribution is -0.146. The van der Waals surface area contributed by atoms with Crippen molar-refractivity contribution in [2.24, 2.45) is 12.5 Å². The minimum absolute atomic E-state index is 0.00972. The number of nitrogens with one attached hydrogen (secondary N) is 1. The van der Waals surface area contributed by atoms with E-state index in [1.807, 2.05) is 14.0 Å². The fourth-order valence-electron chi connectivity index (χ4n) is 4.22. The highest BCUT2D eigenvalue weighted by Gasteiger charge is 2.56. The molecular weight excluding hydrogens is 278 g/mol. The van der Waals surface area contributed by atoms with E-state index in [0.717, 1.165) is 18.7 Å². The number of carbonyl (C=O) groups excluding carboxylic acids is 1. The number of nitrogens with zero attached hydrogens (tertiary/aromatic N) is 2. The molecule has 0 unspecified atom stereocenters. The lowest BCUT2D eigenvalue weighted by Crippen LogP contribution is -2.65. The van der Waals surface area contributed by atoms with Gasteiger partial charge < -0.3 is 10.1 Å². The van der Waals surface area contributed by atoms with Crippen molar-refractivity contribution in [2.45, 2.75) is 64.5 Å². The van der Waals surface area contributed by atoms with Gasteiger partial charge in [0, 0.05) is 30.8 Å². The highest BCUT2D eigenvalue weighted by Crippen LogP contribution is 2.53. The summed E-state index contributed by atoms with van der Waals surface area (Å²) in [6.07, 6.45) is 9.09. The van der Waals surface area contributed by atoms with Crippen LogP contribution < -0.4 is 5.32 Å². The highest BCUT2D eigenvalue weighted by atomic mass is 16.5. The average molecular weight is 305 g/mol. The standard InChI is InChI=1S/C17H27N3O2/c1-4-22-15-10-14(17(15)8-6-5-7-9-17)19-16(21)13-11-18-20(3)12(13)2/h11,14-15H,4-10H2,1-3H3,(H,19,21)/t14-,15+/m0/s1. The molecular formula is C17H27N3O2. The molecule has 1 spiro atoms. The van der Waals surface area contributed by atoms with Gasteiger partial charge in [0.05, 0.1) is 17.9 Å². The molecule has 5 nitrogen and oxygen atoms in total. The second-order valence-corrected chi connectivity index (χ2v) is 6.77. The van der Waals surface area contributed by atoms with Gasteiger partial charge in [-0.1, -0.05) is 19.3 Å². The number of ether oxygens (including phenoxy) is 1. The molecule has 1 aromatic heterocycles. The van der Waals surface area contributed by atoms with Gasteiger partial charge in [-0.05, 0) is 33.1 Å². The largest absolute Gasteiger partial charge is 0.378 e. The van der Waals surface area contributed by atoms with Crippen molar-refractivity contribution < 1.29 is 9.53 Å². The van der Waals surface area contributed by atoms with E-state index in [1.165, 1.54) is 32.1 Å². The van der Waals surface area contributed by atoms with Crippen molar-refractivity contribution in [3.05, 3.63) is 17.5 Å². The molecule has 1 amide bonds. The van der Waals surface area contributed by atoms with E-state index in [0.29, 0.717) is 11.7 Å². The third-order valence-corrected chi connectivity index (χ3v) is 5.72. The topological polar surface area (TPSA) is 56.1 Å². The minimum atomic E-state index is 0.00972. The van der Waals surface area contributed by atoms with Crippen molar-refractivity contribution >= 4 is 5.91 Å². The van der Waals surface area contributed by atoms with Crippen molar-refractivity contribution in [1.82, 2.24) is 15.1 Å². The molecule has 1 N–H and O–H groups in total. The maximum Gasteiger partial charge on any atom is 0.254 e. The van der Waals surface area contributed by atoms with Crippen molar-refractivity contribution in [3.8, 4) is 0 Å². The molecule has 1 heterocycles. The van der Waals surface area contributed by atoms with Crippen LogP contribution in [-0.4, -0.2) is 34.4 Å². The molecule has 22 heavy (non-hydrogen) atoms. The summed E-state index contributed by atoms with van der Waals surface area (Å²) < 4.78 is 7.69. The summed E-state index contributed by atoms with van der Waals surface area (Å²) in [6, 6.07) is 0.247. The van der Waals surface area contributed by atoms with Gasteiger partial charge >= 0.3 is 0 Å². The Morgan fingerprint density at radius 3 is 2.77 bits per heavy atom. The fraction of sp³-hybridized carbons (Fsp3) is 0.765. The summed E-state index contributed by atoms with van der Waals surface area (Å²) in [5.74, 6) is 0.00972. The third kappa shape index (κ3) is 2.45. The molecule has 0 saturated heterocycles. The Balaban J connectivity index is 1.72. The summed E-state index contributed by atoms with van der Waals surface area (Å²) in [5.41, 5.74) is 1.77. The zero-order valence-corrected chi connectivity index (χ0v) is 13.9. The van der Waals surface area contributed by atoms with Crippen LogP contribution >= 0.6 is 0 Å². The van der Waals surface area contributed by atoms with Gasteiger partial charge in [-0.2, -0.15) is 5.10 Å². The number of hydrogen-bond acceptors (Lipinski definition) is 3. The number of carbonyl (C=O) groups is 1. The maximum absolute atomic E-state index is 12.6. The lowest BCUT2D eigenvalue weighted by Gasteiger charge is -2.57. The first-order chi connectivity index (χ1) is 10.6. The smallest absolute Gasteiger partial charge is 0.254 e. The predicted octanol–water partition coefficient (Wildman–Crippen LogP) is 2.59. The Hall–Kier alpha value is -1.36. The van der Waals surface area contributed by atoms with E-state index in [4.69, 9.17) is 4.74 Å². The van der Waals surface area contributed by atoms with Gasteiger partial charge in [-0.3, -0.25) is 9.48 Å². The van der Waals surface area contributed by atoms with Crippen LogP contribution in [0.1, 0.15) is 61.5 Å². The van der Waals surface area contributed by atoms with Crippen LogP contribution in [0.3, 0.4) is 0 Å². The van der Waals surface area contributed by atoms with Crippen molar-refractivity contribution in [3.63, 3.8) is 0 Å². The monoisotopic (exact) mass is 305 g/mol. The van der Waals surface area contributed by atoms with E-state index in [-0.39, 0.29) is 17.4 Å². The molecule has 2 aliphatic rings. The molecule has 2 fully saturated rings. The van der Waals surface area contributed by atoms with E-state index in [2.05, 4.69) is 17.3 Å². The zero-order chi connectivity index (χ0) is 15.7. The van der Waals surface area contributed by atoms with Crippen LogP contribution in [0.2, 0.25) is 0 Å². The molecule has 122 valence electrons. The van der Waals surface area contributed by atoms with Crippen molar-refractivity contribution in [1.29, 1.82) is 0 Å². The van der Waals surface area contributed by atoms with Gasteiger partial charge in [-0.15, -0.1) is 0 Å². The number of aromatic nitrogens is 2.